The van der Waals surface area contributed by atoms with Crippen molar-refractivity contribution in [1.29, 1.82) is 0 Å². The van der Waals surface area contributed by atoms with Crippen molar-refractivity contribution < 1.29 is 23.1 Å². The number of anilines is 1. The standard InChI is InChI=1S/C16H17N3O5S/c1-10-2-7-13(14(20)8-10)19-16(22)15(21)18-9-11-3-5-12(6-4-11)25(17,23)24/h2-8,20H,9H2,1H3,(H,18,21)(H,19,22)(H2,17,23,24). The number of sulfonamides is 1. The number of amides is 2. The molecule has 0 aromatic heterocycles. The molecular weight excluding hydrogens is 346 g/mol. The van der Waals surface area contributed by atoms with Crippen LogP contribution in [0.3, 0.4) is 0 Å². The summed E-state index contributed by atoms with van der Waals surface area (Å²) < 4.78 is 22.3. The molecule has 9 heteroatoms. The van der Waals surface area contributed by atoms with Crippen molar-refractivity contribution in [1.82, 2.24) is 5.32 Å². The SMILES string of the molecule is Cc1ccc(NC(=O)C(=O)NCc2ccc(S(N)(=O)=O)cc2)c(O)c1. The van der Waals surface area contributed by atoms with Gasteiger partial charge in [-0.1, -0.05) is 18.2 Å². The minimum absolute atomic E-state index is 0.0248. The summed E-state index contributed by atoms with van der Waals surface area (Å²) in [6.07, 6.45) is 0. The van der Waals surface area contributed by atoms with Gasteiger partial charge in [0.1, 0.15) is 5.75 Å². The highest BCUT2D eigenvalue weighted by atomic mass is 32.2. The van der Waals surface area contributed by atoms with E-state index in [0.717, 1.165) is 5.56 Å². The van der Waals surface area contributed by atoms with Crippen LogP contribution in [0.5, 0.6) is 5.75 Å². The molecule has 0 aliphatic carbocycles. The second kappa shape index (κ2) is 7.32. The fraction of sp³-hybridized carbons (Fsp3) is 0.125. The third-order valence-corrected chi connectivity index (χ3v) is 4.24. The van der Waals surface area contributed by atoms with Crippen LogP contribution in [0.25, 0.3) is 0 Å². The van der Waals surface area contributed by atoms with Crippen LogP contribution in [0.4, 0.5) is 5.69 Å². The number of nitrogens with two attached hydrogens (primary N) is 1. The first-order valence-electron chi connectivity index (χ1n) is 7.17. The molecule has 0 heterocycles. The highest BCUT2D eigenvalue weighted by molar-refractivity contribution is 7.89. The minimum Gasteiger partial charge on any atom is -0.506 e. The number of primary sulfonamides is 1. The molecule has 0 radical (unpaired) electrons. The summed E-state index contributed by atoms with van der Waals surface area (Å²) in [6, 6.07) is 10.2. The molecule has 2 rings (SSSR count). The number of aromatic hydroxyl groups is 1. The number of rotatable bonds is 4. The molecule has 0 spiro atoms. The van der Waals surface area contributed by atoms with Gasteiger partial charge in [0.25, 0.3) is 0 Å². The molecule has 2 amide bonds. The third kappa shape index (κ3) is 5.03. The van der Waals surface area contributed by atoms with E-state index in [1.807, 2.05) is 0 Å². The largest absolute Gasteiger partial charge is 0.506 e. The lowest BCUT2D eigenvalue weighted by Gasteiger charge is -2.09. The number of hydrogen-bond donors (Lipinski definition) is 4. The van der Waals surface area contributed by atoms with Crippen LogP contribution < -0.4 is 15.8 Å². The first-order chi connectivity index (χ1) is 11.7. The van der Waals surface area contributed by atoms with E-state index in [2.05, 4.69) is 10.6 Å². The van der Waals surface area contributed by atoms with Gasteiger partial charge in [0.15, 0.2) is 0 Å². The molecule has 2 aromatic rings. The Kier molecular flexibility index (Phi) is 5.40. The minimum atomic E-state index is -3.78. The Balaban J connectivity index is 1.94. The smallest absolute Gasteiger partial charge is 0.313 e. The van der Waals surface area contributed by atoms with E-state index in [-0.39, 0.29) is 22.9 Å². The molecule has 0 aliphatic rings. The highest BCUT2D eigenvalue weighted by Gasteiger charge is 2.15. The van der Waals surface area contributed by atoms with Crippen molar-refractivity contribution in [3.63, 3.8) is 0 Å². The second-order valence-corrected chi connectivity index (χ2v) is 6.91. The summed E-state index contributed by atoms with van der Waals surface area (Å²) in [5.41, 5.74) is 1.53. The fourth-order valence-corrected chi connectivity index (χ4v) is 2.50. The first kappa shape index (κ1) is 18.4. The summed E-state index contributed by atoms with van der Waals surface area (Å²) in [6.45, 7) is 1.80. The number of carbonyl (C=O) groups excluding carboxylic acids is 2. The van der Waals surface area contributed by atoms with Crippen molar-refractivity contribution in [2.75, 3.05) is 5.32 Å². The topological polar surface area (TPSA) is 139 Å². The van der Waals surface area contributed by atoms with Crippen LogP contribution in [0.1, 0.15) is 11.1 Å². The zero-order chi connectivity index (χ0) is 18.6. The summed E-state index contributed by atoms with van der Waals surface area (Å²) in [5, 5.41) is 19.4. The Morgan fingerprint density at radius 2 is 1.72 bits per heavy atom. The Bertz CT molecular complexity index is 908. The normalized spacial score (nSPS) is 11.0. The van der Waals surface area contributed by atoms with Gasteiger partial charge in [0, 0.05) is 6.54 Å². The van der Waals surface area contributed by atoms with Crippen LogP contribution in [0.15, 0.2) is 47.4 Å². The quantitative estimate of drug-likeness (QED) is 0.465. The summed E-state index contributed by atoms with van der Waals surface area (Å²) in [7, 11) is -3.78. The lowest BCUT2D eigenvalue weighted by atomic mass is 10.2. The second-order valence-electron chi connectivity index (χ2n) is 5.35. The van der Waals surface area contributed by atoms with E-state index >= 15 is 0 Å². The molecule has 8 nitrogen and oxygen atoms in total. The Hall–Kier alpha value is -2.91. The molecule has 0 saturated carbocycles. The number of phenolic OH excluding ortho intramolecular Hbond substituents is 1. The Morgan fingerprint density at radius 3 is 2.28 bits per heavy atom. The maximum Gasteiger partial charge on any atom is 0.313 e. The van der Waals surface area contributed by atoms with Gasteiger partial charge in [-0.3, -0.25) is 9.59 Å². The van der Waals surface area contributed by atoms with E-state index in [9.17, 15) is 23.1 Å². The van der Waals surface area contributed by atoms with Crippen molar-refractivity contribution in [3.05, 3.63) is 53.6 Å². The van der Waals surface area contributed by atoms with Crippen molar-refractivity contribution >= 4 is 27.5 Å². The number of benzene rings is 2. The maximum absolute atomic E-state index is 11.8. The van der Waals surface area contributed by atoms with Gasteiger partial charge < -0.3 is 15.7 Å². The predicted octanol–water partition coefficient (Wildman–Crippen LogP) is 0.603. The molecule has 132 valence electrons. The molecule has 25 heavy (non-hydrogen) atoms. The van der Waals surface area contributed by atoms with E-state index in [0.29, 0.717) is 5.56 Å². The van der Waals surface area contributed by atoms with E-state index in [1.165, 1.54) is 36.4 Å². The Morgan fingerprint density at radius 1 is 1.08 bits per heavy atom. The summed E-state index contributed by atoms with van der Waals surface area (Å²) in [5.74, 6) is -1.96. The molecule has 0 saturated heterocycles. The van der Waals surface area contributed by atoms with Gasteiger partial charge in [-0.2, -0.15) is 0 Å². The number of carbonyl (C=O) groups is 2. The zero-order valence-electron chi connectivity index (χ0n) is 13.3. The van der Waals surface area contributed by atoms with Gasteiger partial charge in [-0.25, -0.2) is 13.6 Å². The lowest BCUT2D eigenvalue weighted by Crippen LogP contribution is -2.35. The third-order valence-electron chi connectivity index (χ3n) is 3.31. The van der Waals surface area contributed by atoms with Crippen LogP contribution >= 0.6 is 0 Å². The van der Waals surface area contributed by atoms with E-state index in [1.54, 1.807) is 13.0 Å². The van der Waals surface area contributed by atoms with Crippen LogP contribution in [0, 0.1) is 6.92 Å². The number of nitrogens with one attached hydrogen (secondary N) is 2. The van der Waals surface area contributed by atoms with Crippen molar-refractivity contribution in [2.45, 2.75) is 18.4 Å². The Labute approximate surface area is 144 Å². The van der Waals surface area contributed by atoms with Gasteiger partial charge in [0.2, 0.25) is 10.0 Å². The monoisotopic (exact) mass is 363 g/mol. The predicted molar refractivity (Wildman–Crippen MR) is 91.1 cm³/mol. The van der Waals surface area contributed by atoms with Gasteiger partial charge in [0.05, 0.1) is 10.6 Å². The molecule has 5 N–H and O–H groups in total. The summed E-state index contributed by atoms with van der Waals surface area (Å²) >= 11 is 0. The molecule has 0 aliphatic heterocycles. The van der Waals surface area contributed by atoms with E-state index < -0.39 is 21.8 Å². The average Bonchev–Trinajstić information content (AvgIpc) is 2.54. The lowest BCUT2D eigenvalue weighted by molar-refractivity contribution is -0.136. The molecule has 0 unspecified atom stereocenters. The number of phenols is 1. The summed E-state index contributed by atoms with van der Waals surface area (Å²) in [4.78, 5) is 23.6. The van der Waals surface area contributed by atoms with Crippen LogP contribution in [0.2, 0.25) is 0 Å². The van der Waals surface area contributed by atoms with E-state index in [4.69, 9.17) is 5.14 Å². The van der Waals surface area contributed by atoms with Crippen LogP contribution in [-0.2, 0) is 26.2 Å². The zero-order valence-corrected chi connectivity index (χ0v) is 14.1. The number of hydrogen-bond acceptors (Lipinski definition) is 5. The average molecular weight is 363 g/mol. The molecule has 0 fully saturated rings. The fourth-order valence-electron chi connectivity index (χ4n) is 1.99. The van der Waals surface area contributed by atoms with Gasteiger partial charge in [-0.15, -0.1) is 0 Å². The highest BCUT2D eigenvalue weighted by Crippen LogP contribution is 2.23. The van der Waals surface area contributed by atoms with Crippen molar-refractivity contribution in [3.8, 4) is 5.75 Å². The van der Waals surface area contributed by atoms with Gasteiger partial charge in [-0.05, 0) is 42.3 Å². The molecule has 0 atom stereocenters. The molecular formula is C16H17N3O5S. The molecule has 2 aromatic carbocycles. The van der Waals surface area contributed by atoms with Gasteiger partial charge >= 0.3 is 11.8 Å². The first-order valence-corrected chi connectivity index (χ1v) is 8.72. The molecule has 0 bridgehead atoms. The van der Waals surface area contributed by atoms with Crippen molar-refractivity contribution in [2.24, 2.45) is 5.14 Å². The maximum atomic E-state index is 11.8. The van der Waals surface area contributed by atoms with Crippen LogP contribution in [-0.4, -0.2) is 25.3 Å². The number of aryl methyl sites for hydroxylation is 1.